The molecule has 0 heterocycles. The van der Waals surface area contributed by atoms with Crippen LogP contribution in [-0.4, -0.2) is 26.9 Å². The van der Waals surface area contributed by atoms with Gasteiger partial charge in [0.25, 0.3) is 0 Å². The van der Waals surface area contributed by atoms with Gasteiger partial charge < -0.3 is 14.2 Å². The topological polar surface area (TPSA) is 27.7 Å². The Balaban J connectivity index is 3.09. The van der Waals surface area contributed by atoms with Crippen LogP contribution in [0.1, 0.15) is 18.1 Å². The zero-order chi connectivity index (χ0) is 13.5. The fourth-order valence-electron chi connectivity index (χ4n) is 1.67. The van der Waals surface area contributed by atoms with Crippen molar-refractivity contribution < 1.29 is 14.2 Å². The lowest BCUT2D eigenvalue weighted by Gasteiger charge is -2.17. The number of ether oxygens (including phenoxy) is 3. The maximum atomic E-state index is 5.82. The summed E-state index contributed by atoms with van der Waals surface area (Å²) in [5.74, 6) is 1.51. The summed E-state index contributed by atoms with van der Waals surface area (Å²) in [7, 11) is 3.28. The minimum Gasteiger partial charge on any atom is -0.496 e. The highest BCUT2D eigenvalue weighted by Crippen LogP contribution is 2.31. The SMILES string of the molecule is C=Cc1cc(OC(C)COC)c(C=C)cc1OC. The monoisotopic (exact) mass is 248 g/mol. The summed E-state index contributed by atoms with van der Waals surface area (Å²) in [6.07, 6.45) is 3.45. The van der Waals surface area contributed by atoms with E-state index in [0.29, 0.717) is 6.61 Å². The molecule has 0 spiro atoms. The zero-order valence-corrected chi connectivity index (χ0v) is 11.2. The van der Waals surface area contributed by atoms with Gasteiger partial charge in [-0.1, -0.05) is 25.3 Å². The molecular weight excluding hydrogens is 228 g/mol. The molecule has 1 aromatic carbocycles. The van der Waals surface area contributed by atoms with Crippen LogP contribution in [0.2, 0.25) is 0 Å². The number of benzene rings is 1. The van der Waals surface area contributed by atoms with Crippen LogP contribution in [0.5, 0.6) is 11.5 Å². The van der Waals surface area contributed by atoms with Crippen molar-refractivity contribution in [1.82, 2.24) is 0 Å². The summed E-state index contributed by atoms with van der Waals surface area (Å²) in [5.41, 5.74) is 1.78. The first kappa shape index (κ1) is 14.3. The maximum absolute atomic E-state index is 5.82. The van der Waals surface area contributed by atoms with Gasteiger partial charge in [-0.2, -0.15) is 0 Å². The number of rotatable bonds is 7. The molecule has 1 rings (SSSR count). The van der Waals surface area contributed by atoms with E-state index in [9.17, 15) is 0 Å². The molecule has 0 N–H and O–H groups in total. The third-order valence-electron chi connectivity index (χ3n) is 2.53. The lowest BCUT2D eigenvalue weighted by Crippen LogP contribution is -2.18. The lowest BCUT2D eigenvalue weighted by molar-refractivity contribution is 0.0919. The molecular formula is C15H20O3. The minimum atomic E-state index is -0.0280. The van der Waals surface area contributed by atoms with Gasteiger partial charge >= 0.3 is 0 Å². The third-order valence-corrected chi connectivity index (χ3v) is 2.53. The Morgan fingerprint density at radius 2 is 1.67 bits per heavy atom. The molecule has 0 aliphatic carbocycles. The Bertz CT molecular complexity index is 424. The van der Waals surface area contributed by atoms with E-state index in [-0.39, 0.29) is 6.10 Å². The molecule has 0 saturated heterocycles. The Labute approximate surface area is 109 Å². The van der Waals surface area contributed by atoms with Crippen LogP contribution < -0.4 is 9.47 Å². The fraction of sp³-hybridized carbons (Fsp3) is 0.333. The van der Waals surface area contributed by atoms with E-state index in [1.165, 1.54) is 0 Å². The number of hydrogen-bond acceptors (Lipinski definition) is 3. The first-order valence-electron chi connectivity index (χ1n) is 5.78. The van der Waals surface area contributed by atoms with Gasteiger partial charge in [0.2, 0.25) is 0 Å². The Morgan fingerprint density at radius 3 is 2.17 bits per heavy atom. The van der Waals surface area contributed by atoms with E-state index in [4.69, 9.17) is 14.2 Å². The van der Waals surface area contributed by atoms with Crippen LogP contribution in [-0.2, 0) is 4.74 Å². The largest absolute Gasteiger partial charge is 0.496 e. The second-order valence-corrected chi connectivity index (χ2v) is 3.92. The van der Waals surface area contributed by atoms with Crippen molar-refractivity contribution in [2.24, 2.45) is 0 Å². The summed E-state index contributed by atoms with van der Waals surface area (Å²) in [6.45, 7) is 10.0. The Morgan fingerprint density at radius 1 is 1.11 bits per heavy atom. The smallest absolute Gasteiger partial charge is 0.127 e. The zero-order valence-electron chi connectivity index (χ0n) is 11.2. The Hall–Kier alpha value is -1.74. The summed E-state index contributed by atoms with van der Waals surface area (Å²) in [6, 6.07) is 3.79. The van der Waals surface area contributed by atoms with Crippen LogP contribution in [0.15, 0.2) is 25.3 Å². The fourth-order valence-corrected chi connectivity index (χ4v) is 1.67. The van der Waals surface area contributed by atoms with Gasteiger partial charge in [-0.3, -0.25) is 0 Å². The van der Waals surface area contributed by atoms with Gasteiger partial charge in [0.15, 0.2) is 0 Å². The van der Waals surface area contributed by atoms with Gasteiger partial charge in [0.05, 0.1) is 13.7 Å². The molecule has 98 valence electrons. The van der Waals surface area contributed by atoms with Crippen LogP contribution in [0, 0.1) is 0 Å². The second kappa shape index (κ2) is 6.87. The number of methoxy groups -OCH3 is 2. The van der Waals surface area contributed by atoms with Crippen LogP contribution in [0.25, 0.3) is 12.2 Å². The average molecular weight is 248 g/mol. The molecule has 1 unspecified atom stereocenters. The Kier molecular flexibility index (Phi) is 5.46. The molecule has 0 fully saturated rings. The van der Waals surface area contributed by atoms with Crippen LogP contribution >= 0.6 is 0 Å². The van der Waals surface area contributed by atoms with E-state index >= 15 is 0 Å². The van der Waals surface area contributed by atoms with Crippen LogP contribution in [0.4, 0.5) is 0 Å². The van der Waals surface area contributed by atoms with Crippen molar-refractivity contribution in [2.75, 3.05) is 20.8 Å². The van der Waals surface area contributed by atoms with E-state index < -0.39 is 0 Å². The molecule has 0 bridgehead atoms. The van der Waals surface area contributed by atoms with E-state index in [1.54, 1.807) is 26.4 Å². The molecule has 0 aromatic heterocycles. The van der Waals surface area contributed by atoms with E-state index in [0.717, 1.165) is 22.6 Å². The van der Waals surface area contributed by atoms with Crippen LogP contribution in [0.3, 0.4) is 0 Å². The summed E-state index contributed by atoms with van der Waals surface area (Å²) in [4.78, 5) is 0. The minimum absolute atomic E-state index is 0.0280. The van der Waals surface area contributed by atoms with Crippen molar-refractivity contribution >= 4 is 12.2 Å². The summed E-state index contributed by atoms with van der Waals surface area (Å²) >= 11 is 0. The molecule has 3 heteroatoms. The third kappa shape index (κ3) is 3.37. The van der Waals surface area contributed by atoms with Crippen molar-refractivity contribution in [3.63, 3.8) is 0 Å². The molecule has 0 amide bonds. The highest BCUT2D eigenvalue weighted by Gasteiger charge is 2.11. The predicted molar refractivity (Wildman–Crippen MR) is 75.1 cm³/mol. The molecule has 1 aromatic rings. The molecule has 1 atom stereocenters. The van der Waals surface area contributed by atoms with Gasteiger partial charge in [-0.25, -0.2) is 0 Å². The van der Waals surface area contributed by atoms with E-state index in [2.05, 4.69) is 13.2 Å². The quantitative estimate of drug-likeness (QED) is 0.740. The molecule has 18 heavy (non-hydrogen) atoms. The predicted octanol–water partition coefficient (Wildman–Crippen LogP) is 3.39. The molecule has 0 radical (unpaired) electrons. The van der Waals surface area contributed by atoms with Gasteiger partial charge in [0.1, 0.15) is 17.6 Å². The molecule has 0 saturated carbocycles. The normalized spacial score (nSPS) is 11.7. The highest BCUT2D eigenvalue weighted by atomic mass is 16.5. The summed E-state index contributed by atoms with van der Waals surface area (Å²) in [5, 5.41) is 0. The highest BCUT2D eigenvalue weighted by molar-refractivity contribution is 5.66. The molecule has 3 nitrogen and oxygen atoms in total. The van der Waals surface area contributed by atoms with Gasteiger partial charge in [0, 0.05) is 18.2 Å². The first-order valence-corrected chi connectivity index (χ1v) is 5.78. The first-order chi connectivity index (χ1) is 8.65. The lowest BCUT2D eigenvalue weighted by atomic mass is 10.1. The molecule has 0 aliphatic rings. The van der Waals surface area contributed by atoms with Gasteiger partial charge in [-0.15, -0.1) is 0 Å². The van der Waals surface area contributed by atoms with E-state index in [1.807, 2.05) is 19.1 Å². The average Bonchev–Trinajstić information content (AvgIpc) is 2.38. The van der Waals surface area contributed by atoms with Crippen molar-refractivity contribution in [2.45, 2.75) is 13.0 Å². The molecule has 0 aliphatic heterocycles. The van der Waals surface area contributed by atoms with Crippen molar-refractivity contribution in [3.8, 4) is 11.5 Å². The van der Waals surface area contributed by atoms with Crippen molar-refractivity contribution in [3.05, 3.63) is 36.4 Å². The maximum Gasteiger partial charge on any atom is 0.127 e. The van der Waals surface area contributed by atoms with Gasteiger partial charge in [-0.05, 0) is 19.1 Å². The number of hydrogen-bond donors (Lipinski definition) is 0. The van der Waals surface area contributed by atoms with Crippen molar-refractivity contribution in [1.29, 1.82) is 0 Å². The second-order valence-electron chi connectivity index (χ2n) is 3.92. The summed E-state index contributed by atoms with van der Waals surface area (Å²) < 4.78 is 16.2. The standard InChI is InChI=1S/C15H20O3/c1-6-12-9-15(18-11(3)10-16-4)13(7-2)8-14(12)17-5/h6-9,11H,1-2,10H2,3-5H3.